The van der Waals surface area contributed by atoms with Crippen molar-refractivity contribution in [3.63, 3.8) is 0 Å². The quantitative estimate of drug-likeness (QED) is 0.790. The third-order valence-electron chi connectivity index (χ3n) is 3.02. The average molecular weight is 262 g/mol. The maximum Gasteiger partial charge on any atom is 0.325 e. The topological polar surface area (TPSA) is 43.3 Å². The van der Waals surface area contributed by atoms with Gasteiger partial charge in [0.05, 0.1) is 5.69 Å². The van der Waals surface area contributed by atoms with Gasteiger partial charge in [0.1, 0.15) is 5.76 Å². The molecule has 2 aromatic heterocycles. The Bertz CT molecular complexity index is 703. The number of oxazole rings is 1. The largest absolute Gasteiger partial charge is 0.427 e. The van der Waals surface area contributed by atoms with E-state index in [0.29, 0.717) is 16.7 Å². The van der Waals surface area contributed by atoms with Crippen LogP contribution in [0.4, 0.5) is 0 Å². The van der Waals surface area contributed by atoms with E-state index in [1.165, 1.54) is 0 Å². The van der Waals surface area contributed by atoms with Crippen LogP contribution in [0.1, 0.15) is 23.7 Å². The smallest absolute Gasteiger partial charge is 0.325 e. The fourth-order valence-corrected chi connectivity index (χ4v) is 2.11. The SMILES string of the molecule is Cc1oc2nc(C3=C(Cl)C=CC=CC3)nn2c1C. The molecule has 0 fully saturated rings. The van der Waals surface area contributed by atoms with E-state index in [-0.39, 0.29) is 0 Å². The fourth-order valence-electron chi connectivity index (χ4n) is 1.87. The zero-order valence-electron chi connectivity index (χ0n) is 10.1. The fraction of sp³-hybridized carbons (Fsp3) is 0.231. The summed E-state index contributed by atoms with van der Waals surface area (Å²) in [6, 6.07) is 0. The van der Waals surface area contributed by atoms with Crippen LogP contribution in [0.3, 0.4) is 0 Å². The average Bonchev–Trinajstić information content (AvgIpc) is 2.76. The number of halogens is 1. The van der Waals surface area contributed by atoms with Crippen molar-refractivity contribution < 1.29 is 4.42 Å². The minimum Gasteiger partial charge on any atom is -0.427 e. The molecule has 5 heteroatoms. The van der Waals surface area contributed by atoms with Gasteiger partial charge in [-0.2, -0.15) is 9.50 Å². The molecule has 2 aromatic rings. The molecule has 0 saturated heterocycles. The third kappa shape index (κ3) is 1.69. The summed E-state index contributed by atoms with van der Waals surface area (Å²) in [7, 11) is 0. The molecule has 1 aliphatic rings. The van der Waals surface area contributed by atoms with Crippen LogP contribution < -0.4 is 0 Å². The lowest BCUT2D eigenvalue weighted by Gasteiger charge is -1.99. The van der Waals surface area contributed by atoms with Crippen molar-refractivity contribution in [1.82, 2.24) is 14.6 Å². The van der Waals surface area contributed by atoms with E-state index in [9.17, 15) is 0 Å². The van der Waals surface area contributed by atoms with Crippen LogP contribution in [0.2, 0.25) is 0 Å². The molecule has 92 valence electrons. The van der Waals surface area contributed by atoms with Gasteiger partial charge in [-0.25, -0.2) is 0 Å². The third-order valence-corrected chi connectivity index (χ3v) is 3.37. The van der Waals surface area contributed by atoms with Crippen LogP contribution >= 0.6 is 11.6 Å². The van der Waals surface area contributed by atoms with Crippen molar-refractivity contribution in [3.05, 3.63) is 46.6 Å². The minimum absolute atomic E-state index is 0.508. The monoisotopic (exact) mass is 261 g/mol. The molecule has 0 spiro atoms. The maximum atomic E-state index is 6.22. The van der Waals surface area contributed by atoms with Gasteiger partial charge >= 0.3 is 5.84 Å². The van der Waals surface area contributed by atoms with Gasteiger partial charge in [0.25, 0.3) is 0 Å². The molecule has 0 saturated carbocycles. The van der Waals surface area contributed by atoms with Gasteiger partial charge in [0.15, 0.2) is 5.82 Å². The minimum atomic E-state index is 0.508. The Hall–Kier alpha value is -1.81. The number of hydrogen-bond acceptors (Lipinski definition) is 3. The standard InChI is InChI=1S/C13H12ClN3O/c1-8-9(2)18-13-15-12(16-17(8)13)10-6-4-3-5-7-11(10)14/h3-5,7H,6H2,1-2H3. The molecule has 0 radical (unpaired) electrons. The Balaban J connectivity index is 2.15. The number of aromatic nitrogens is 3. The number of rotatable bonds is 1. The van der Waals surface area contributed by atoms with E-state index >= 15 is 0 Å². The molecule has 0 aromatic carbocycles. The second-order valence-corrected chi connectivity index (χ2v) is 4.60. The first-order valence-electron chi connectivity index (χ1n) is 5.72. The van der Waals surface area contributed by atoms with Crippen molar-refractivity contribution in [2.24, 2.45) is 0 Å². The van der Waals surface area contributed by atoms with Gasteiger partial charge in [-0.05, 0) is 26.3 Å². The van der Waals surface area contributed by atoms with E-state index in [0.717, 1.165) is 23.4 Å². The van der Waals surface area contributed by atoms with Gasteiger partial charge in [0.2, 0.25) is 0 Å². The summed E-state index contributed by atoms with van der Waals surface area (Å²) in [6.07, 6.45) is 8.47. The van der Waals surface area contributed by atoms with Crippen molar-refractivity contribution in [1.29, 1.82) is 0 Å². The van der Waals surface area contributed by atoms with Crippen LogP contribution in [0.15, 0.2) is 33.8 Å². The first kappa shape index (κ1) is 11.3. The highest BCUT2D eigenvalue weighted by molar-refractivity contribution is 6.34. The Morgan fingerprint density at radius 3 is 2.94 bits per heavy atom. The van der Waals surface area contributed by atoms with Gasteiger partial charge < -0.3 is 4.42 Å². The molecular formula is C13H12ClN3O. The zero-order valence-corrected chi connectivity index (χ0v) is 10.9. The van der Waals surface area contributed by atoms with Crippen LogP contribution in [-0.4, -0.2) is 14.6 Å². The normalized spacial score (nSPS) is 15.7. The molecule has 4 nitrogen and oxygen atoms in total. The second kappa shape index (κ2) is 4.14. The first-order chi connectivity index (χ1) is 8.66. The van der Waals surface area contributed by atoms with Crippen molar-refractivity contribution in [2.75, 3.05) is 0 Å². The molecule has 0 N–H and O–H groups in total. The molecule has 0 aliphatic heterocycles. The van der Waals surface area contributed by atoms with E-state index < -0.39 is 0 Å². The Morgan fingerprint density at radius 2 is 2.17 bits per heavy atom. The summed E-state index contributed by atoms with van der Waals surface area (Å²) in [5, 5.41) is 5.12. The number of hydrogen-bond donors (Lipinski definition) is 0. The Kier molecular flexibility index (Phi) is 2.59. The summed E-state index contributed by atoms with van der Waals surface area (Å²) in [4.78, 5) is 4.39. The molecule has 2 heterocycles. The lowest BCUT2D eigenvalue weighted by molar-refractivity contribution is 0.560. The molecule has 0 atom stereocenters. The van der Waals surface area contributed by atoms with Crippen LogP contribution in [-0.2, 0) is 0 Å². The summed E-state index contributed by atoms with van der Waals surface area (Å²) < 4.78 is 7.23. The zero-order chi connectivity index (χ0) is 12.7. The van der Waals surface area contributed by atoms with Gasteiger partial charge in [-0.1, -0.05) is 29.8 Å². The van der Waals surface area contributed by atoms with Crippen LogP contribution in [0.25, 0.3) is 11.4 Å². The Labute approximate surface area is 109 Å². The molecule has 0 bridgehead atoms. The van der Waals surface area contributed by atoms with Crippen molar-refractivity contribution >= 4 is 23.0 Å². The number of allylic oxidation sites excluding steroid dienone is 6. The number of nitrogens with zero attached hydrogens (tertiary/aromatic N) is 3. The van der Waals surface area contributed by atoms with E-state index in [1.807, 2.05) is 38.2 Å². The summed E-state index contributed by atoms with van der Waals surface area (Å²) >= 11 is 6.22. The van der Waals surface area contributed by atoms with E-state index in [2.05, 4.69) is 10.1 Å². The van der Waals surface area contributed by atoms with Crippen molar-refractivity contribution in [3.8, 4) is 0 Å². The summed E-state index contributed by atoms with van der Waals surface area (Å²) in [6.45, 7) is 3.85. The molecule has 3 rings (SSSR count). The lowest BCUT2D eigenvalue weighted by atomic mass is 10.1. The van der Waals surface area contributed by atoms with E-state index in [1.54, 1.807) is 4.52 Å². The van der Waals surface area contributed by atoms with Gasteiger partial charge in [0, 0.05) is 10.6 Å². The maximum absolute atomic E-state index is 6.22. The lowest BCUT2D eigenvalue weighted by Crippen LogP contribution is -1.92. The van der Waals surface area contributed by atoms with Crippen molar-refractivity contribution in [2.45, 2.75) is 20.3 Å². The van der Waals surface area contributed by atoms with Gasteiger partial charge in [-0.3, -0.25) is 0 Å². The highest BCUT2D eigenvalue weighted by Crippen LogP contribution is 2.27. The molecular weight excluding hydrogens is 250 g/mol. The summed E-state index contributed by atoms with van der Waals surface area (Å²) in [5.74, 6) is 1.96. The molecule has 0 unspecified atom stereocenters. The highest BCUT2D eigenvalue weighted by atomic mass is 35.5. The first-order valence-corrected chi connectivity index (χ1v) is 6.09. The Morgan fingerprint density at radius 1 is 1.33 bits per heavy atom. The van der Waals surface area contributed by atoms with Crippen LogP contribution in [0, 0.1) is 13.8 Å². The highest BCUT2D eigenvalue weighted by Gasteiger charge is 2.16. The van der Waals surface area contributed by atoms with Crippen LogP contribution in [0.5, 0.6) is 0 Å². The van der Waals surface area contributed by atoms with E-state index in [4.69, 9.17) is 16.0 Å². The number of fused-ring (bicyclic) bond motifs is 1. The molecule has 18 heavy (non-hydrogen) atoms. The predicted molar refractivity (Wildman–Crippen MR) is 70.4 cm³/mol. The second-order valence-electron chi connectivity index (χ2n) is 4.19. The number of aryl methyl sites for hydroxylation is 2. The molecule has 1 aliphatic carbocycles. The molecule has 0 amide bonds. The van der Waals surface area contributed by atoms with Gasteiger partial charge in [-0.15, -0.1) is 5.10 Å². The summed E-state index contributed by atoms with van der Waals surface area (Å²) in [5.41, 5.74) is 1.87. The predicted octanol–water partition coefficient (Wildman–Crippen LogP) is 3.41.